The van der Waals surface area contributed by atoms with Crippen LogP contribution in [0.15, 0.2) is 0 Å². The Hall–Kier alpha value is -0.160. The van der Waals surface area contributed by atoms with E-state index in [0.29, 0.717) is 0 Å². The molecule has 4 nitrogen and oxygen atoms in total. The standard InChI is InChI=1S/C12H26.C8H20N4/c1-3-5-7-9-11-12-10-8-6-4-2;1-2-4-6-8-10-12-11-9-7-5-3-1/h3-12H2,1-2H3;9-12H,1-8H2. The van der Waals surface area contributed by atoms with Crippen molar-refractivity contribution in [1.82, 2.24) is 21.9 Å². The van der Waals surface area contributed by atoms with Crippen molar-refractivity contribution < 1.29 is 0 Å². The Labute approximate surface area is 152 Å². The second-order valence-corrected chi connectivity index (χ2v) is 7.05. The number of hydrogen-bond donors (Lipinski definition) is 4. The third-order valence-electron chi connectivity index (χ3n) is 4.55. The van der Waals surface area contributed by atoms with E-state index in [1.54, 1.807) is 0 Å². The smallest absolute Gasteiger partial charge is 0.0113 e. The SMILES string of the molecule is C1CCCCNNNNCCC1.CCCCCCCCCCCC. The van der Waals surface area contributed by atoms with Crippen molar-refractivity contribution in [3.63, 3.8) is 0 Å². The van der Waals surface area contributed by atoms with Gasteiger partial charge in [0.15, 0.2) is 0 Å². The molecule has 146 valence electrons. The van der Waals surface area contributed by atoms with Gasteiger partial charge in [-0.15, -0.1) is 0 Å². The van der Waals surface area contributed by atoms with Crippen LogP contribution in [0.3, 0.4) is 0 Å². The van der Waals surface area contributed by atoms with Gasteiger partial charge in [-0.2, -0.15) is 11.1 Å². The molecule has 4 heteroatoms. The average molecular weight is 343 g/mol. The molecule has 1 saturated heterocycles. The fourth-order valence-corrected chi connectivity index (χ4v) is 2.91. The van der Waals surface area contributed by atoms with Gasteiger partial charge in [-0.05, 0) is 12.8 Å². The first kappa shape index (κ1) is 23.8. The molecular weight excluding hydrogens is 296 g/mol. The molecule has 0 unspecified atom stereocenters. The first-order valence-electron chi connectivity index (χ1n) is 10.9. The van der Waals surface area contributed by atoms with Crippen LogP contribution in [0.1, 0.15) is 117 Å². The Morgan fingerprint density at radius 3 is 1.17 bits per heavy atom. The van der Waals surface area contributed by atoms with Crippen LogP contribution in [0, 0.1) is 0 Å². The van der Waals surface area contributed by atoms with Crippen LogP contribution in [-0.4, -0.2) is 13.1 Å². The average Bonchev–Trinajstić information content (AvgIpc) is 2.58. The van der Waals surface area contributed by atoms with Crippen molar-refractivity contribution in [2.24, 2.45) is 0 Å². The molecule has 1 aliphatic rings. The van der Waals surface area contributed by atoms with E-state index in [4.69, 9.17) is 0 Å². The molecule has 0 atom stereocenters. The maximum atomic E-state index is 3.08. The van der Waals surface area contributed by atoms with Crippen LogP contribution in [0.4, 0.5) is 0 Å². The van der Waals surface area contributed by atoms with Gasteiger partial charge in [-0.3, -0.25) is 0 Å². The van der Waals surface area contributed by atoms with Crippen LogP contribution in [-0.2, 0) is 0 Å². The molecule has 1 rings (SSSR count). The summed E-state index contributed by atoms with van der Waals surface area (Å²) in [6.07, 6.45) is 22.4. The fraction of sp³-hybridized carbons (Fsp3) is 1.00. The molecule has 0 bridgehead atoms. The van der Waals surface area contributed by atoms with Gasteiger partial charge < -0.3 is 0 Å². The Kier molecular flexibility index (Phi) is 22.7. The van der Waals surface area contributed by atoms with E-state index >= 15 is 0 Å². The van der Waals surface area contributed by atoms with Gasteiger partial charge in [0.1, 0.15) is 0 Å². The third kappa shape index (κ3) is 21.8. The van der Waals surface area contributed by atoms with E-state index in [-0.39, 0.29) is 0 Å². The lowest BCUT2D eigenvalue weighted by Crippen LogP contribution is -2.51. The summed E-state index contributed by atoms with van der Waals surface area (Å²) in [6.45, 7) is 6.63. The number of hydrazine groups is 3. The molecule has 0 aromatic carbocycles. The van der Waals surface area contributed by atoms with E-state index in [0.717, 1.165) is 13.1 Å². The molecule has 0 aromatic rings. The van der Waals surface area contributed by atoms with Crippen LogP contribution in [0.5, 0.6) is 0 Å². The third-order valence-corrected chi connectivity index (χ3v) is 4.55. The van der Waals surface area contributed by atoms with E-state index in [2.05, 4.69) is 35.8 Å². The molecule has 0 aliphatic carbocycles. The number of hydrogen-bond acceptors (Lipinski definition) is 4. The number of unbranched alkanes of at least 4 members (excludes halogenated alkanes) is 9. The fourth-order valence-electron chi connectivity index (χ4n) is 2.91. The summed E-state index contributed by atoms with van der Waals surface area (Å²) in [6, 6.07) is 0. The molecule has 4 N–H and O–H groups in total. The van der Waals surface area contributed by atoms with Gasteiger partial charge in [-0.1, -0.05) is 104 Å². The normalized spacial score (nSPS) is 17.2. The minimum Gasteiger partial charge on any atom is -0.243 e. The highest BCUT2D eigenvalue weighted by atomic mass is 15.7. The van der Waals surface area contributed by atoms with Crippen molar-refractivity contribution in [3.8, 4) is 0 Å². The molecule has 0 spiro atoms. The maximum Gasteiger partial charge on any atom is 0.0113 e. The molecule has 0 saturated carbocycles. The van der Waals surface area contributed by atoms with Crippen molar-refractivity contribution in [2.75, 3.05) is 13.1 Å². The Morgan fingerprint density at radius 1 is 0.458 bits per heavy atom. The topological polar surface area (TPSA) is 48.1 Å². The lowest BCUT2D eigenvalue weighted by molar-refractivity contribution is 0.354. The van der Waals surface area contributed by atoms with Gasteiger partial charge in [0, 0.05) is 13.1 Å². The summed E-state index contributed by atoms with van der Waals surface area (Å²) in [5, 5.41) is 0. The molecule has 0 radical (unpaired) electrons. The van der Waals surface area contributed by atoms with Crippen LogP contribution in [0.2, 0.25) is 0 Å². The van der Waals surface area contributed by atoms with Crippen molar-refractivity contribution >= 4 is 0 Å². The maximum absolute atomic E-state index is 3.08. The van der Waals surface area contributed by atoms with Gasteiger partial charge in [0.2, 0.25) is 0 Å². The quantitative estimate of drug-likeness (QED) is 0.425. The van der Waals surface area contributed by atoms with Crippen LogP contribution >= 0.6 is 0 Å². The van der Waals surface area contributed by atoms with Gasteiger partial charge in [0.25, 0.3) is 0 Å². The first-order chi connectivity index (χ1) is 11.9. The molecule has 0 amide bonds. The summed E-state index contributed by atoms with van der Waals surface area (Å²) < 4.78 is 0. The lowest BCUT2D eigenvalue weighted by atomic mass is 10.1. The summed E-state index contributed by atoms with van der Waals surface area (Å²) in [7, 11) is 0. The summed E-state index contributed by atoms with van der Waals surface area (Å²) in [5.74, 6) is 0. The van der Waals surface area contributed by atoms with Crippen molar-refractivity contribution in [1.29, 1.82) is 0 Å². The molecule has 24 heavy (non-hydrogen) atoms. The van der Waals surface area contributed by atoms with E-state index in [9.17, 15) is 0 Å². The molecule has 0 aromatic heterocycles. The second kappa shape index (κ2) is 22.8. The highest BCUT2D eigenvalue weighted by Crippen LogP contribution is 2.10. The van der Waals surface area contributed by atoms with E-state index in [1.807, 2.05) is 0 Å². The monoisotopic (exact) mass is 342 g/mol. The lowest BCUT2D eigenvalue weighted by Gasteiger charge is -2.11. The molecule has 1 fully saturated rings. The van der Waals surface area contributed by atoms with Crippen molar-refractivity contribution in [2.45, 2.75) is 117 Å². The largest absolute Gasteiger partial charge is 0.243 e. The Bertz CT molecular complexity index is 159. The van der Waals surface area contributed by atoms with E-state index in [1.165, 1.54) is 103 Å². The first-order valence-corrected chi connectivity index (χ1v) is 10.9. The van der Waals surface area contributed by atoms with Crippen LogP contribution in [0.25, 0.3) is 0 Å². The Balaban J connectivity index is 0.000000441. The predicted octanol–water partition coefficient (Wildman–Crippen LogP) is 5.37. The number of nitrogens with one attached hydrogen (secondary N) is 4. The Morgan fingerprint density at radius 2 is 0.792 bits per heavy atom. The van der Waals surface area contributed by atoms with Crippen LogP contribution < -0.4 is 21.9 Å². The number of rotatable bonds is 9. The highest BCUT2D eigenvalue weighted by Gasteiger charge is 1.93. The zero-order valence-corrected chi connectivity index (χ0v) is 16.7. The predicted molar refractivity (Wildman–Crippen MR) is 107 cm³/mol. The molecular formula is C20H46N4. The summed E-state index contributed by atoms with van der Waals surface area (Å²) in [5.41, 5.74) is 11.9. The van der Waals surface area contributed by atoms with E-state index < -0.39 is 0 Å². The summed E-state index contributed by atoms with van der Waals surface area (Å²) >= 11 is 0. The minimum absolute atomic E-state index is 1.04. The second-order valence-electron chi connectivity index (χ2n) is 7.05. The van der Waals surface area contributed by atoms with Gasteiger partial charge >= 0.3 is 0 Å². The zero-order valence-electron chi connectivity index (χ0n) is 16.7. The molecule has 1 heterocycles. The van der Waals surface area contributed by atoms with Gasteiger partial charge in [-0.25, -0.2) is 10.9 Å². The minimum atomic E-state index is 1.04. The summed E-state index contributed by atoms with van der Waals surface area (Å²) in [4.78, 5) is 0. The molecule has 1 aliphatic heterocycles. The highest BCUT2D eigenvalue weighted by molar-refractivity contribution is 4.49. The zero-order chi connectivity index (χ0) is 17.6. The van der Waals surface area contributed by atoms with Gasteiger partial charge in [0.05, 0.1) is 0 Å². The van der Waals surface area contributed by atoms with Crippen molar-refractivity contribution in [3.05, 3.63) is 0 Å².